The molecule has 13 heteroatoms. The number of carboxylic acids is 1. The molecule has 0 aliphatic carbocycles. The highest BCUT2D eigenvalue weighted by Gasteiger charge is 2.38. The number of aromatic carboxylic acids is 1. The van der Waals surface area contributed by atoms with Crippen molar-refractivity contribution in [3.8, 4) is 11.5 Å². The van der Waals surface area contributed by atoms with E-state index in [0.717, 1.165) is 0 Å². The quantitative estimate of drug-likeness (QED) is 0.182. The molecule has 1 fully saturated rings. The molecule has 1 heterocycles. The number of likely N-dealkylation sites (tertiary alicyclic amines) is 1. The molecule has 0 spiro atoms. The molecule has 1 aromatic rings. The fourth-order valence-electron chi connectivity index (χ4n) is 3.35. The van der Waals surface area contributed by atoms with Crippen LogP contribution in [0.3, 0.4) is 0 Å². The van der Waals surface area contributed by atoms with Crippen molar-refractivity contribution in [1.29, 1.82) is 0 Å². The first-order valence-corrected chi connectivity index (χ1v) is 10.0. The molecular weight excluding hydrogens is 423 g/mol. The van der Waals surface area contributed by atoms with Gasteiger partial charge in [-0.05, 0) is 30.8 Å². The summed E-state index contributed by atoms with van der Waals surface area (Å²) in [6.07, 6.45) is -0.324. The highest BCUT2D eigenvalue weighted by molar-refractivity contribution is 6.43. The van der Waals surface area contributed by atoms with Crippen LogP contribution in [0.4, 0.5) is 0 Å². The number of carbonyl (C=O) groups excluding carboxylic acids is 2. The van der Waals surface area contributed by atoms with Crippen LogP contribution < -0.4 is 21.5 Å². The van der Waals surface area contributed by atoms with Crippen molar-refractivity contribution in [2.75, 3.05) is 26.2 Å². The molecule has 12 nitrogen and oxygen atoms in total. The summed E-state index contributed by atoms with van der Waals surface area (Å²) in [6.45, 7) is 3.66. The van der Waals surface area contributed by atoms with Gasteiger partial charge in [0.05, 0.1) is 6.54 Å². The van der Waals surface area contributed by atoms with Crippen molar-refractivity contribution >= 4 is 24.9 Å². The Bertz CT molecular complexity index is 873. The van der Waals surface area contributed by atoms with Crippen LogP contribution in [0.1, 0.15) is 29.8 Å². The normalized spacial score (nSPS) is 17.0. The highest BCUT2D eigenvalue weighted by atomic mass is 16.5. The number of nitrogens with two attached hydrogens (primary N) is 2. The van der Waals surface area contributed by atoms with Crippen LogP contribution >= 0.6 is 0 Å². The molecule has 2 amide bonds. The summed E-state index contributed by atoms with van der Waals surface area (Å²) in [5.41, 5.74) is 9.60. The third-order valence-electron chi connectivity index (χ3n) is 5.20. The van der Waals surface area contributed by atoms with Gasteiger partial charge in [0, 0.05) is 19.6 Å². The van der Waals surface area contributed by atoms with Crippen LogP contribution in [-0.4, -0.2) is 87.9 Å². The predicted octanol–water partition coefficient (Wildman–Crippen LogP) is -2.12. The van der Waals surface area contributed by atoms with Crippen molar-refractivity contribution in [3.63, 3.8) is 0 Å². The lowest BCUT2D eigenvalue weighted by Gasteiger charge is -2.42. The SMILES string of the molecule is C[C@H](Cc1ccc(OC2CN(C[C@@](C)(N)C(=O)NCC(N)=O)C2)c(C(=O)O)c1O)B(O)O. The number of aromatic hydroxyl groups is 1. The molecule has 32 heavy (non-hydrogen) atoms. The van der Waals surface area contributed by atoms with E-state index in [1.54, 1.807) is 6.92 Å². The Hall–Kier alpha value is -2.87. The lowest BCUT2D eigenvalue weighted by molar-refractivity contribution is -0.129. The monoisotopic (exact) mass is 452 g/mol. The first-order valence-electron chi connectivity index (χ1n) is 10.0. The van der Waals surface area contributed by atoms with Crippen molar-refractivity contribution in [2.45, 2.75) is 37.7 Å². The molecule has 1 aromatic carbocycles. The van der Waals surface area contributed by atoms with Gasteiger partial charge in [-0.3, -0.25) is 14.5 Å². The molecule has 0 saturated carbocycles. The molecule has 1 saturated heterocycles. The molecule has 0 bridgehead atoms. The van der Waals surface area contributed by atoms with Gasteiger partial charge in [0.1, 0.15) is 28.7 Å². The second kappa shape index (κ2) is 10.2. The number of amides is 2. The van der Waals surface area contributed by atoms with Crippen LogP contribution in [0, 0.1) is 0 Å². The first kappa shape index (κ1) is 25.4. The van der Waals surface area contributed by atoms with Crippen molar-refractivity contribution < 1.29 is 39.4 Å². The third-order valence-corrected chi connectivity index (χ3v) is 5.20. The Kier molecular flexibility index (Phi) is 8.07. The van der Waals surface area contributed by atoms with Crippen LogP contribution in [0.5, 0.6) is 11.5 Å². The standard InChI is InChI=1S/C19H29BN4O8/c1-10(20(30)31)5-11-3-4-13(15(16(11)26)17(27)28)32-12-7-24(8-12)9-19(2,22)18(29)23-6-14(21)25/h3-4,10,12,26,30-31H,5-9,22H2,1-2H3,(H2,21,25)(H,23,29)(H,27,28)/t10-,19-/m1/s1. The summed E-state index contributed by atoms with van der Waals surface area (Å²) in [6, 6.07) is 2.90. The van der Waals surface area contributed by atoms with Crippen molar-refractivity contribution in [3.05, 3.63) is 23.3 Å². The molecule has 1 aliphatic rings. The van der Waals surface area contributed by atoms with Gasteiger partial charge < -0.3 is 41.8 Å². The van der Waals surface area contributed by atoms with E-state index in [9.17, 15) is 34.6 Å². The predicted molar refractivity (Wildman–Crippen MR) is 114 cm³/mol. The van der Waals surface area contributed by atoms with E-state index in [4.69, 9.17) is 16.2 Å². The number of carbonyl (C=O) groups is 3. The fraction of sp³-hybridized carbons (Fsp3) is 0.526. The topological polar surface area (TPSA) is 209 Å². The average Bonchev–Trinajstić information content (AvgIpc) is 2.65. The molecule has 9 N–H and O–H groups in total. The summed E-state index contributed by atoms with van der Waals surface area (Å²) in [7, 11) is -1.61. The van der Waals surface area contributed by atoms with Crippen molar-refractivity contribution in [2.24, 2.45) is 11.5 Å². The van der Waals surface area contributed by atoms with E-state index >= 15 is 0 Å². The van der Waals surface area contributed by atoms with Gasteiger partial charge in [-0.1, -0.05) is 13.0 Å². The summed E-state index contributed by atoms with van der Waals surface area (Å²) < 4.78 is 5.73. The zero-order valence-corrected chi connectivity index (χ0v) is 17.9. The summed E-state index contributed by atoms with van der Waals surface area (Å²) >= 11 is 0. The second-order valence-electron chi connectivity index (χ2n) is 8.35. The Balaban J connectivity index is 2.00. The number of phenols is 1. The average molecular weight is 452 g/mol. The van der Waals surface area contributed by atoms with Crippen LogP contribution in [0.15, 0.2) is 12.1 Å². The van der Waals surface area contributed by atoms with Gasteiger partial charge in [0.15, 0.2) is 0 Å². The number of carboxylic acid groups (broad SMARTS) is 1. The number of ether oxygens (including phenoxy) is 1. The Labute approximate surface area is 185 Å². The molecule has 2 rings (SSSR count). The van der Waals surface area contributed by atoms with Gasteiger partial charge in [0.25, 0.3) is 0 Å². The van der Waals surface area contributed by atoms with Gasteiger partial charge in [-0.15, -0.1) is 0 Å². The van der Waals surface area contributed by atoms with Gasteiger partial charge in [0.2, 0.25) is 11.8 Å². The van der Waals surface area contributed by atoms with Gasteiger partial charge in [-0.25, -0.2) is 4.79 Å². The number of hydrogen-bond donors (Lipinski definition) is 7. The van der Waals surface area contributed by atoms with Crippen LogP contribution in [-0.2, 0) is 16.0 Å². The fourth-order valence-corrected chi connectivity index (χ4v) is 3.35. The van der Waals surface area contributed by atoms with E-state index < -0.39 is 47.6 Å². The zero-order chi connectivity index (χ0) is 24.2. The smallest absolute Gasteiger partial charge is 0.454 e. The molecule has 176 valence electrons. The largest absolute Gasteiger partial charge is 0.507 e. The number of nitrogens with one attached hydrogen (secondary N) is 1. The minimum atomic E-state index is -1.61. The molecule has 0 unspecified atom stereocenters. The maximum atomic E-state index is 12.1. The van der Waals surface area contributed by atoms with E-state index in [0.29, 0.717) is 13.1 Å². The maximum absolute atomic E-state index is 12.1. The highest BCUT2D eigenvalue weighted by Crippen LogP contribution is 2.35. The second-order valence-corrected chi connectivity index (χ2v) is 8.35. The molecule has 0 aromatic heterocycles. The molecule has 0 radical (unpaired) electrons. The van der Waals surface area contributed by atoms with Crippen LogP contribution in [0.25, 0.3) is 0 Å². The summed E-state index contributed by atoms with van der Waals surface area (Å²) in [5.74, 6) is -3.71. The van der Waals surface area contributed by atoms with Gasteiger partial charge >= 0.3 is 13.1 Å². The lowest BCUT2D eigenvalue weighted by Crippen LogP contribution is -2.64. The molecule has 1 aliphatic heterocycles. The third kappa shape index (κ3) is 6.32. The number of rotatable bonds is 11. The summed E-state index contributed by atoms with van der Waals surface area (Å²) in [5, 5.41) is 40.8. The Morgan fingerprint density at radius 2 is 1.97 bits per heavy atom. The number of hydrogen-bond acceptors (Lipinski definition) is 9. The van der Waals surface area contributed by atoms with E-state index in [2.05, 4.69) is 5.32 Å². The summed E-state index contributed by atoms with van der Waals surface area (Å²) in [4.78, 5) is 36.4. The van der Waals surface area contributed by atoms with Gasteiger partial charge in [-0.2, -0.15) is 0 Å². The zero-order valence-electron chi connectivity index (χ0n) is 17.9. The van der Waals surface area contributed by atoms with E-state index in [1.165, 1.54) is 19.1 Å². The maximum Gasteiger partial charge on any atom is 0.454 e. The first-order chi connectivity index (χ1) is 14.8. The Morgan fingerprint density at radius 1 is 1.34 bits per heavy atom. The number of nitrogens with zero attached hydrogens (tertiary/aromatic N) is 1. The Morgan fingerprint density at radius 3 is 2.50 bits per heavy atom. The lowest BCUT2D eigenvalue weighted by atomic mass is 9.71. The molecule has 2 atom stereocenters. The van der Waals surface area contributed by atoms with Crippen LogP contribution in [0.2, 0.25) is 5.82 Å². The minimum Gasteiger partial charge on any atom is -0.507 e. The molecular formula is C19H29BN4O8. The van der Waals surface area contributed by atoms with Crippen molar-refractivity contribution in [1.82, 2.24) is 10.2 Å². The van der Waals surface area contributed by atoms with E-state index in [-0.39, 0.29) is 36.9 Å². The number of primary amides is 1. The number of benzene rings is 1. The van der Waals surface area contributed by atoms with E-state index in [1.807, 2.05) is 4.90 Å². The minimum absolute atomic E-state index is 0.0182.